The van der Waals surface area contributed by atoms with Gasteiger partial charge < -0.3 is 15.5 Å². The number of nitrogens with one attached hydrogen (secondary N) is 1. The maximum atomic E-state index is 10.9. The number of pyridine rings is 1. The van der Waals surface area contributed by atoms with Gasteiger partial charge in [-0.15, -0.1) is 0 Å². The lowest BCUT2D eigenvalue weighted by Crippen LogP contribution is -2.32. The molecular formula is C10H11N3O2. The van der Waals surface area contributed by atoms with Gasteiger partial charge in [0, 0.05) is 6.20 Å². The normalized spacial score (nSPS) is 12.6. The first-order chi connectivity index (χ1) is 7.18. The zero-order chi connectivity index (χ0) is 10.8. The van der Waals surface area contributed by atoms with Crippen molar-refractivity contribution >= 4 is 22.7 Å². The highest BCUT2D eigenvalue weighted by atomic mass is 16.3. The molecule has 2 heterocycles. The minimum atomic E-state index is -0.460. The molecule has 0 saturated heterocycles. The third-order valence-electron chi connectivity index (χ3n) is 2.16. The number of primary amides is 1. The molecular weight excluding hydrogens is 194 g/mol. The summed E-state index contributed by atoms with van der Waals surface area (Å²) in [5, 5.41) is 3.76. The molecule has 0 bridgehead atoms. The van der Waals surface area contributed by atoms with Crippen molar-refractivity contribution in [2.75, 3.05) is 5.32 Å². The fourth-order valence-corrected chi connectivity index (χ4v) is 1.29. The first-order valence-corrected chi connectivity index (χ1v) is 4.56. The number of hydrogen-bond acceptors (Lipinski definition) is 4. The average Bonchev–Trinajstić information content (AvgIpc) is 2.66. The summed E-state index contributed by atoms with van der Waals surface area (Å²) in [5.74, 6) is 0.185. The largest absolute Gasteiger partial charge is 0.464 e. The van der Waals surface area contributed by atoms with E-state index in [0.29, 0.717) is 5.82 Å². The molecule has 0 spiro atoms. The molecule has 15 heavy (non-hydrogen) atoms. The van der Waals surface area contributed by atoms with Gasteiger partial charge in [0.25, 0.3) is 0 Å². The number of hydrogen-bond donors (Lipinski definition) is 2. The van der Waals surface area contributed by atoms with E-state index in [2.05, 4.69) is 10.3 Å². The van der Waals surface area contributed by atoms with E-state index in [1.54, 1.807) is 31.5 Å². The first-order valence-electron chi connectivity index (χ1n) is 4.56. The van der Waals surface area contributed by atoms with Crippen LogP contribution < -0.4 is 11.1 Å². The second kappa shape index (κ2) is 3.61. The summed E-state index contributed by atoms with van der Waals surface area (Å²) in [6.07, 6.45) is 3.19. The Morgan fingerprint density at radius 1 is 1.60 bits per heavy atom. The fraction of sp³-hybridized carbons (Fsp3) is 0.200. The molecule has 1 unspecified atom stereocenters. The molecule has 0 saturated carbocycles. The van der Waals surface area contributed by atoms with Crippen molar-refractivity contribution in [3.63, 3.8) is 0 Å². The molecule has 0 radical (unpaired) electrons. The Morgan fingerprint density at radius 2 is 2.40 bits per heavy atom. The van der Waals surface area contributed by atoms with Crippen LogP contribution >= 0.6 is 0 Å². The van der Waals surface area contributed by atoms with Crippen molar-refractivity contribution in [3.05, 3.63) is 24.6 Å². The lowest BCUT2D eigenvalue weighted by atomic mass is 10.2. The second-order valence-electron chi connectivity index (χ2n) is 3.26. The number of aromatic nitrogens is 1. The van der Waals surface area contributed by atoms with Crippen LogP contribution in [0.4, 0.5) is 5.82 Å². The van der Waals surface area contributed by atoms with Crippen LogP contribution in [0.1, 0.15) is 6.92 Å². The first kappa shape index (κ1) is 9.51. The van der Waals surface area contributed by atoms with Crippen LogP contribution in [-0.4, -0.2) is 16.9 Å². The van der Waals surface area contributed by atoms with E-state index >= 15 is 0 Å². The summed E-state index contributed by atoms with van der Waals surface area (Å²) in [6.45, 7) is 1.68. The van der Waals surface area contributed by atoms with Crippen molar-refractivity contribution in [3.8, 4) is 0 Å². The smallest absolute Gasteiger partial charge is 0.239 e. The number of carbonyl (C=O) groups excluding carboxylic acids is 1. The minimum Gasteiger partial charge on any atom is -0.464 e. The number of nitrogens with zero attached hydrogens (tertiary/aromatic N) is 1. The standard InChI is InChI=1S/C10H11N3O2/c1-6(9(11)14)13-10-7-3-5-15-8(7)2-4-12-10/h2-6H,1H3,(H2,11,14)(H,12,13). The molecule has 0 aliphatic rings. The van der Waals surface area contributed by atoms with Crippen molar-refractivity contribution in [1.29, 1.82) is 0 Å². The fourth-order valence-electron chi connectivity index (χ4n) is 1.29. The van der Waals surface area contributed by atoms with Gasteiger partial charge in [-0.05, 0) is 19.1 Å². The Balaban J connectivity index is 2.35. The predicted octanol–water partition coefficient (Wildman–Crippen LogP) is 1.11. The molecule has 3 N–H and O–H groups in total. The number of rotatable bonds is 3. The van der Waals surface area contributed by atoms with E-state index in [0.717, 1.165) is 11.0 Å². The van der Waals surface area contributed by atoms with Crippen LogP contribution in [0.3, 0.4) is 0 Å². The van der Waals surface area contributed by atoms with Crippen LogP contribution in [0.25, 0.3) is 11.0 Å². The highest BCUT2D eigenvalue weighted by molar-refractivity contribution is 5.90. The summed E-state index contributed by atoms with van der Waals surface area (Å²) in [4.78, 5) is 15.0. The van der Waals surface area contributed by atoms with E-state index in [-0.39, 0.29) is 0 Å². The number of fused-ring (bicyclic) bond motifs is 1. The summed E-state index contributed by atoms with van der Waals surface area (Å²) in [6, 6.07) is 3.09. The molecule has 1 amide bonds. The number of anilines is 1. The molecule has 5 heteroatoms. The molecule has 0 aliphatic carbocycles. The van der Waals surface area contributed by atoms with Crippen molar-refractivity contribution < 1.29 is 9.21 Å². The maximum absolute atomic E-state index is 10.9. The number of carbonyl (C=O) groups is 1. The van der Waals surface area contributed by atoms with Gasteiger partial charge in [0.1, 0.15) is 17.4 Å². The summed E-state index contributed by atoms with van der Waals surface area (Å²) < 4.78 is 5.20. The van der Waals surface area contributed by atoms with Crippen LogP contribution in [0.5, 0.6) is 0 Å². The predicted molar refractivity (Wildman–Crippen MR) is 56.3 cm³/mol. The van der Waals surface area contributed by atoms with Gasteiger partial charge >= 0.3 is 0 Å². The van der Waals surface area contributed by atoms with E-state index in [1.165, 1.54) is 0 Å². The van der Waals surface area contributed by atoms with E-state index in [9.17, 15) is 4.79 Å². The Labute approximate surface area is 86.3 Å². The molecule has 0 aliphatic heterocycles. The number of amides is 1. The quantitative estimate of drug-likeness (QED) is 0.786. The zero-order valence-corrected chi connectivity index (χ0v) is 8.23. The monoisotopic (exact) mass is 205 g/mol. The van der Waals surface area contributed by atoms with Crippen LogP contribution in [-0.2, 0) is 4.79 Å². The van der Waals surface area contributed by atoms with Gasteiger partial charge in [0.15, 0.2) is 0 Å². The maximum Gasteiger partial charge on any atom is 0.239 e. The molecule has 0 aromatic carbocycles. The van der Waals surface area contributed by atoms with E-state index in [1.807, 2.05) is 0 Å². The number of furan rings is 1. The van der Waals surface area contributed by atoms with E-state index in [4.69, 9.17) is 10.2 Å². The molecule has 5 nitrogen and oxygen atoms in total. The SMILES string of the molecule is CC(Nc1nccc2occc12)C(N)=O. The van der Waals surface area contributed by atoms with Gasteiger partial charge in [0.2, 0.25) is 5.91 Å². The summed E-state index contributed by atoms with van der Waals surface area (Å²) >= 11 is 0. The van der Waals surface area contributed by atoms with Crippen molar-refractivity contribution in [2.24, 2.45) is 5.73 Å². The summed E-state index contributed by atoms with van der Waals surface area (Å²) in [5.41, 5.74) is 5.88. The lowest BCUT2D eigenvalue weighted by molar-refractivity contribution is -0.118. The lowest BCUT2D eigenvalue weighted by Gasteiger charge is -2.10. The molecule has 1 atom stereocenters. The van der Waals surface area contributed by atoms with Crippen LogP contribution in [0.2, 0.25) is 0 Å². The molecule has 2 rings (SSSR count). The molecule has 0 fully saturated rings. The number of nitrogens with two attached hydrogens (primary N) is 1. The van der Waals surface area contributed by atoms with Crippen LogP contribution in [0, 0.1) is 0 Å². The van der Waals surface area contributed by atoms with Crippen LogP contribution in [0.15, 0.2) is 29.0 Å². The highest BCUT2D eigenvalue weighted by Crippen LogP contribution is 2.21. The Kier molecular flexibility index (Phi) is 2.29. The molecule has 78 valence electrons. The van der Waals surface area contributed by atoms with Gasteiger partial charge in [-0.2, -0.15) is 0 Å². The minimum absolute atomic E-state index is 0.419. The van der Waals surface area contributed by atoms with Crippen molar-refractivity contribution in [2.45, 2.75) is 13.0 Å². The molecule has 2 aromatic heterocycles. The van der Waals surface area contributed by atoms with Gasteiger partial charge in [-0.3, -0.25) is 4.79 Å². The third-order valence-corrected chi connectivity index (χ3v) is 2.16. The van der Waals surface area contributed by atoms with Gasteiger partial charge in [-0.1, -0.05) is 0 Å². The topological polar surface area (TPSA) is 81.2 Å². The average molecular weight is 205 g/mol. The highest BCUT2D eigenvalue weighted by Gasteiger charge is 2.11. The third kappa shape index (κ3) is 1.76. The Bertz CT molecular complexity index is 492. The van der Waals surface area contributed by atoms with Gasteiger partial charge in [-0.25, -0.2) is 4.98 Å². The van der Waals surface area contributed by atoms with Crippen molar-refractivity contribution in [1.82, 2.24) is 4.98 Å². The Morgan fingerprint density at radius 3 is 3.13 bits per heavy atom. The second-order valence-corrected chi connectivity index (χ2v) is 3.26. The summed E-state index contributed by atoms with van der Waals surface area (Å²) in [7, 11) is 0. The zero-order valence-electron chi connectivity index (χ0n) is 8.23. The van der Waals surface area contributed by atoms with Gasteiger partial charge in [0.05, 0.1) is 11.6 Å². The molecule has 2 aromatic rings. The Hall–Kier alpha value is -2.04. The van der Waals surface area contributed by atoms with E-state index < -0.39 is 11.9 Å².